The van der Waals surface area contributed by atoms with Crippen molar-refractivity contribution < 1.29 is 9.53 Å². The van der Waals surface area contributed by atoms with E-state index in [2.05, 4.69) is 28.5 Å². The number of anilines is 2. The molecule has 1 aromatic heterocycles. The molecule has 0 bridgehead atoms. The third-order valence-electron chi connectivity index (χ3n) is 6.02. The lowest BCUT2D eigenvalue weighted by molar-refractivity contribution is -0.124. The van der Waals surface area contributed by atoms with E-state index < -0.39 is 0 Å². The second-order valence-electron chi connectivity index (χ2n) is 8.00. The predicted octanol–water partition coefficient (Wildman–Crippen LogP) is 3.67. The molecule has 2 heterocycles. The topological polar surface area (TPSA) is 90.1 Å². The first-order chi connectivity index (χ1) is 13.1. The third kappa shape index (κ3) is 3.08. The van der Waals surface area contributed by atoms with Gasteiger partial charge in [-0.1, -0.05) is 11.3 Å². The second-order valence-corrected chi connectivity index (χ2v) is 9.01. The molecule has 0 spiro atoms. The number of carbonyl (C=O) groups excluding carboxylic acids is 1. The molecule has 3 N–H and O–H groups in total. The third-order valence-corrected chi connectivity index (χ3v) is 6.81. The van der Waals surface area contributed by atoms with E-state index in [1.54, 1.807) is 0 Å². The van der Waals surface area contributed by atoms with Crippen LogP contribution in [0.1, 0.15) is 44.6 Å². The molecule has 0 saturated heterocycles. The smallest absolute Gasteiger partial charge is 0.203 e. The van der Waals surface area contributed by atoms with Gasteiger partial charge in [0.1, 0.15) is 11.5 Å². The lowest BCUT2D eigenvalue weighted by Crippen LogP contribution is -2.39. The summed E-state index contributed by atoms with van der Waals surface area (Å²) in [6, 6.07) is 4.25. The lowest BCUT2D eigenvalue weighted by atomic mass is 9.82. The van der Waals surface area contributed by atoms with Gasteiger partial charge in [0.05, 0.1) is 11.7 Å². The Balaban J connectivity index is 1.56. The summed E-state index contributed by atoms with van der Waals surface area (Å²) in [6.45, 7) is 2.11. The molecule has 2 saturated carbocycles. The minimum atomic E-state index is 0.00322. The molecule has 2 aliphatic carbocycles. The minimum absolute atomic E-state index is 0.00322. The van der Waals surface area contributed by atoms with Gasteiger partial charge in [0.25, 0.3) is 0 Å². The first-order valence-corrected chi connectivity index (χ1v) is 10.6. The highest BCUT2D eigenvalue weighted by Gasteiger charge is 2.40. The Morgan fingerprint density at radius 2 is 2.07 bits per heavy atom. The fraction of sp³-hybridized carbons (Fsp3) is 0.550. The number of aromatic nitrogens is 2. The number of nitrogens with two attached hydrogens (primary N) is 1. The number of ether oxygens (including phenoxy) is 1. The molecule has 7 heteroatoms. The molecule has 1 aliphatic heterocycles. The van der Waals surface area contributed by atoms with E-state index in [-0.39, 0.29) is 24.0 Å². The number of nitrogens with one attached hydrogen (secondary N) is 1. The lowest BCUT2D eigenvalue weighted by Gasteiger charge is -2.35. The van der Waals surface area contributed by atoms with Gasteiger partial charge in [0.2, 0.25) is 5.13 Å². The zero-order valence-corrected chi connectivity index (χ0v) is 16.2. The van der Waals surface area contributed by atoms with Gasteiger partial charge in [0.15, 0.2) is 5.01 Å². The molecule has 27 heavy (non-hydrogen) atoms. The molecule has 2 fully saturated rings. The molecular weight excluding hydrogens is 360 g/mol. The Bertz CT molecular complexity index is 888. The van der Waals surface area contributed by atoms with Crippen molar-refractivity contribution in [1.82, 2.24) is 10.2 Å². The van der Waals surface area contributed by atoms with Crippen LogP contribution in [0.25, 0.3) is 10.6 Å². The highest BCUT2D eigenvalue weighted by molar-refractivity contribution is 7.18. The van der Waals surface area contributed by atoms with Crippen molar-refractivity contribution in [3.63, 3.8) is 0 Å². The van der Waals surface area contributed by atoms with Crippen LogP contribution in [0.2, 0.25) is 0 Å². The van der Waals surface area contributed by atoms with Gasteiger partial charge >= 0.3 is 0 Å². The molecule has 2 aromatic rings. The van der Waals surface area contributed by atoms with E-state index in [1.165, 1.54) is 17.8 Å². The largest absolute Gasteiger partial charge is 0.489 e. The monoisotopic (exact) mass is 384 g/mol. The number of ketones is 1. The molecule has 0 radical (unpaired) electrons. The Labute approximate surface area is 162 Å². The first-order valence-electron chi connectivity index (χ1n) is 9.82. The van der Waals surface area contributed by atoms with Crippen molar-refractivity contribution in [1.29, 1.82) is 0 Å². The Morgan fingerprint density at radius 1 is 1.26 bits per heavy atom. The molecule has 2 atom stereocenters. The van der Waals surface area contributed by atoms with E-state index >= 15 is 0 Å². The summed E-state index contributed by atoms with van der Waals surface area (Å²) in [5.74, 6) is 1.54. The Hall–Kier alpha value is -2.15. The normalized spacial score (nSPS) is 24.6. The van der Waals surface area contributed by atoms with Crippen molar-refractivity contribution >= 4 is 27.9 Å². The van der Waals surface area contributed by atoms with Gasteiger partial charge in [-0.3, -0.25) is 4.79 Å². The number of nitrogens with zero attached hydrogens (tertiary/aromatic N) is 2. The zero-order chi connectivity index (χ0) is 18.5. The minimum Gasteiger partial charge on any atom is -0.489 e. The molecule has 5 rings (SSSR count). The summed E-state index contributed by atoms with van der Waals surface area (Å²) < 4.78 is 6.43. The van der Waals surface area contributed by atoms with Crippen LogP contribution in [-0.2, 0) is 11.2 Å². The first kappa shape index (κ1) is 17.0. The van der Waals surface area contributed by atoms with Crippen molar-refractivity contribution in [3.05, 3.63) is 17.7 Å². The summed E-state index contributed by atoms with van der Waals surface area (Å²) in [5.41, 5.74) is 8.91. The summed E-state index contributed by atoms with van der Waals surface area (Å²) in [4.78, 5) is 12.8. The highest BCUT2D eigenvalue weighted by atomic mass is 32.1. The molecule has 1 unspecified atom stereocenters. The second kappa shape index (κ2) is 6.48. The van der Waals surface area contributed by atoms with E-state index in [0.717, 1.165) is 59.7 Å². The molecule has 3 aliphatic rings. The van der Waals surface area contributed by atoms with Crippen LogP contribution in [0.15, 0.2) is 12.1 Å². The van der Waals surface area contributed by atoms with Crippen LogP contribution in [0.3, 0.4) is 0 Å². The number of benzene rings is 1. The van der Waals surface area contributed by atoms with Crippen molar-refractivity contribution in [2.75, 3.05) is 11.1 Å². The summed E-state index contributed by atoms with van der Waals surface area (Å²) in [5, 5.41) is 13.0. The van der Waals surface area contributed by atoms with Gasteiger partial charge in [-0.05, 0) is 57.6 Å². The zero-order valence-electron chi connectivity index (χ0n) is 15.4. The standard InChI is InChI=1S/C20H24N4O2S/c1-10-14(17(25)11-5-6-11)9-15-16(22-10)8-7-13(19-23-24-20(21)27-19)18(15)26-12-3-2-4-12/h7-8,10-12,14,22H,2-6,9H2,1H3,(H2,21,24)/t10-,14?/m0/s1. The van der Waals surface area contributed by atoms with Crippen LogP contribution in [0.5, 0.6) is 5.75 Å². The van der Waals surface area contributed by atoms with E-state index in [0.29, 0.717) is 10.9 Å². The van der Waals surface area contributed by atoms with E-state index in [9.17, 15) is 4.79 Å². The maximum atomic E-state index is 12.8. The molecule has 142 valence electrons. The average molecular weight is 385 g/mol. The Morgan fingerprint density at radius 3 is 2.70 bits per heavy atom. The SMILES string of the molecule is C[C@@H]1Nc2ccc(-c3nnc(N)s3)c(OC3CCC3)c2CC1C(=O)C1CC1. The fourth-order valence-corrected chi connectivity index (χ4v) is 4.66. The van der Waals surface area contributed by atoms with Gasteiger partial charge in [-0.2, -0.15) is 0 Å². The number of hydrogen-bond donors (Lipinski definition) is 2. The number of Topliss-reactive ketones (excluding diaryl/α,β-unsaturated/α-hetero) is 1. The van der Waals surface area contributed by atoms with Crippen LogP contribution in [0.4, 0.5) is 10.8 Å². The maximum Gasteiger partial charge on any atom is 0.203 e. The highest BCUT2D eigenvalue weighted by Crippen LogP contribution is 2.46. The van der Waals surface area contributed by atoms with Crippen molar-refractivity contribution in [2.45, 2.75) is 57.6 Å². The number of rotatable bonds is 5. The number of hydrogen-bond acceptors (Lipinski definition) is 7. The molecule has 6 nitrogen and oxygen atoms in total. The van der Waals surface area contributed by atoms with Gasteiger partial charge in [0, 0.05) is 29.1 Å². The quantitative estimate of drug-likeness (QED) is 0.817. The number of fused-ring (bicyclic) bond motifs is 1. The van der Waals surface area contributed by atoms with Crippen LogP contribution in [0, 0.1) is 11.8 Å². The maximum absolute atomic E-state index is 12.8. The van der Waals surface area contributed by atoms with E-state index in [4.69, 9.17) is 10.5 Å². The predicted molar refractivity (Wildman–Crippen MR) is 106 cm³/mol. The van der Waals surface area contributed by atoms with Crippen LogP contribution >= 0.6 is 11.3 Å². The van der Waals surface area contributed by atoms with Crippen LogP contribution in [-0.4, -0.2) is 28.1 Å². The van der Waals surface area contributed by atoms with Crippen LogP contribution < -0.4 is 15.8 Å². The van der Waals surface area contributed by atoms with Gasteiger partial charge in [-0.25, -0.2) is 0 Å². The number of carbonyl (C=O) groups is 1. The summed E-state index contributed by atoms with van der Waals surface area (Å²) in [6.07, 6.45) is 6.43. The van der Waals surface area contributed by atoms with Gasteiger partial charge < -0.3 is 15.8 Å². The van der Waals surface area contributed by atoms with Crippen molar-refractivity contribution in [3.8, 4) is 16.3 Å². The molecular formula is C20H24N4O2S. The average Bonchev–Trinajstić information content (AvgIpc) is 3.38. The Kier molecular flexibility index (Phi) is 4.07. The molecule has 0 amide bonds. The fourth-order valence-electron chi connectivity index (χ4n) is 4.03. The molecule has 1 aromatic carbocycles. The van der Waals surface area contributed by atoms with E-state index in [1.807, 2.05) is 6.07 Å². The number of nitrogen functional groups attached to an aromatic ring is 1. The van der Waals surface area contributed by atoms with Gasteiger partial charge in [-0.15, -0.1) is 10.2 Å². The summed E-state index contributed by atoms with van der Waals surface area (Å²) in [7, 11) is 0. The van der Waals surface area contributed by atoms with Crippen molar-refractivity contribution in [2.24, 2.45) is 11.8 Å². The summed E-state index contributed by atoms with van der Waals surface area (Å²) >= 11 is 1.37.